The Balaban J connectivity index is 1.82. The summed E-state index contributed by atoms with van der Waals surface area (Å²) in [6.07, 6.45) is 24.6. The van der Waals surface area contributed by atoms with E-state index >= 15 is 0 Å². The van der Waals surface area contributed by atoms with E-state index in [0.717, 1.165) is 12.0 Å². The van der Waals surface area contributed by atoms with E-state index in [9.17, 15) is 0 Å². The third kappa shape index (κ3) is 5.64. The van der Waals surface area contributed by atoms with Crippen LogP contribution in [0.3, 0.4) is 0 Å². The minimum atomic E-state index is -0.416. The average Bonchev–Trinajstić information content (AvgIpc) is 3.58. The van der Waals surface area contributed by atoms with Crippen LogP contribution in [0.25, 0.3) is 44.7 Å². The van der Waals surface area contributed by atoms with Gasteiger partial charge in [0, 0.05) is 0 Å². The molecule has 0 fully saturated rings. The summed E-state index contributed by atoms with van der Waals surface area (Å²) in [5.41, 5.74) is 18.8. The predicted molar refractivity (Wildman–Crippen MR) is 226 cm³/mol. The van der Waals surface area contributed by atoms with Crippen LogP contribution >= 0.6 is 0 Å². The zero-order chi connectivity index (χ0) is 36.3. The minimum absolute atomic E-state index is 0.416. The quantitative estimate of drug-likeness (QED) is 0.157. The molecule has 0 amide bonds. The van der Waals surface area contributed by atoms with Crippen LogP contribution in [0.15, 0.2) is 180 Å². The van der Waals surface area contributed by atoms with Crippen LogP contribution in [-0.2, 0) is 5.41 Å². The summed E-state index contributed by atoms with van der Waals surface area (Å²) in [6.45, 7) is 23.4. The maximum absolute atomic E-state index is 4.17. The van der Waals surface area contributed by atoms with Gasteiger partial charge in [0.1, 0.15) is 0 Å². The fourth-order valence-electron chi connectivity index (χ4n) is 8.64. The zero-order valence-electron chi connectivity index (χ0n) is 31.4. The third-order valence-corrected chi connectivity index (χ3v) is 10.6. The Morgan fingerprint density at radius 3 is 2.10 bits per heavy atom. The van der Waals surface area contributed by atoms with Crippen LogP contribution < -0.4 is 0 Å². The molecule has 1 atom stereocenters. The van der Waals surface area contributed by atoms with Crippen LogP contribution in [0.4, 0.5) is 0 Å². The lowest BCUT2D eigenvalue weighted by Crippen LogP contribution is -2.27. The highest BCUT2D eigenvalue weighted by Crippen LogP contribution is 2.64. The molecule has 4 aromatic carbocycles. The van der Waals surface area contributed by atoms with Gasteiger partial charge < -0.3 is 0 Å². The molecule has 0 aliphatic heterocycles. The Morgan fingerprint density at radius 1 is 0.725 bits per heavy atom. The smallest absolute Gasteiger partial charge is 0.0719 e. The van der Waals surface area contributed by atoms with E-state index in [4.69, 9.17) is 0 Å². The summed E-state index contributed by atoms with van der Waals surface area (Å²) < 4.78 is 0. The Bertz CT molecular complexity index is 2290. The highest BCUT2D eigenvalue weighted by molar-refractivity contribution is 6.09. The van der Waals surface area contributed by atoms with Crippen molar-refractivity contribution in [1.82, 2.24) is 0 Å². The van der Waals surface area contributed by atoms with Crippen molar-refractivity contribution in [2.24, 2.45) is 0 Å². The van der Waals surface area contributed by atoms with Gasteiger partial charge in [0.15, 0.2) is 0 Å². The van der Waals surface area contributed by atoms with Gasteiger partial charge >= 0.3 is 0 Å². The number of hydrogen-bond donors (Lipinski definition) is 0. The van der Waals surface area contributed by atoms with Crippen molar-refractivity contribution in [3.63, 3.8) is 0 Å². The maximum atomic E-state index is 4.17. The van der Waals surface area contributed by atoms with Gasteiger partial charge in [-0.2, -0.15) is 0 Å². The number of fused-ring (bicyclic) bond motifs is 6. The fraction of sp³-hybridized carbons (Fsp3) is 0.176. The standard InChI is InChI=1S/C51H50/c1-10-17-23-39(34(8)9)41(21-12-3)42-31-30-40(36-28-26-35(20-11-2)27-29-36)44-32-46-43-24-18-19-25-49(43)51(50(46)33-45(42)44)47(16-7)37(14-5)38(15-6)48(51)22-13-4/h10-14,16-33H,1,3,15H2,2,4-9H3/b20-11+,22-13-,23-17-,37-14-,41-21+,47-16+. The van der Waals surface area contributed by atoms with Crippen LogP contribution in [0.5, 0.6) is 0 Å². The first-order valence-corrected chi connectivity index (χ1v) is 18.3. The minimum Gasteiger partial charge on any atom is -0.0991 e. The Kier molecular flexibility index (Phi) is 10.3. The fourth-order valence-corrected chi connectivity index (χ4v) is 8.64. The molecular weight excluding hydrogens is 613 g/mol. The molecule has 0 saturated carbocycles. The summed E-state index contributed by atoms with van der Waals surface area (Å²) in [5, 5.41) is 2.48. The van der Waals surface area contributed by atoms with Crippen molar-refractivity contribution in [3.8, 4) is 22.3 Å². The van der Waals surface area contributed by atoms with Gasteiger partial charge in [-0.3, -0.25) is 0 Å². The van der Waals surface area contributed by atoms with Crippen molar-refractivity contribution in [2.75, 3.05) is 0 Å². The largest absolute Gasteiger partial charge is 0.0991 e. The van der Waals surface area contributed by atoms with Crippen molar-refractivity contribution >= 4 is 22.4 Å². The van der Waals surface area contributed by atoms with Gasteiger partial charge in [0.05, 0.1) is 5.41 Å². The SMILES string of the molecule is C=C/C=C\C(=C(C)C)/C(=C\C=C)c1ccc(-c2ccc(/C=C/C)cc2)c2cc3c(cc12)C1(C(/C=C\C)=C(CC)C(=C/C)/C1=C\C)c1ccccc1-3. The molecule has 0 radical (unpaired) electrons. The molecular formula is C51H50. The van der Waals surface area contributed by atoms with Gasteiger partial charge in [-0.15, -0.1) is 0 Å². The molecule has 0 heteroatoms. The molecule has 2 aliphatic rings. The number of allylic oxidation sites excluding steroid dienone is 17. The first kappa shape index (κ1) is 35.4. The molecule has 51 heavy (non-hydrogen) atoms. The normalized spacial score (nSPS) is 18.7. The second-order valence-corrected chi connectivity index (χ2v) is 13.5. The molecule has 2 aliphatic carbocycles. The summed E-state index contributed by atoms with van der Waals surface area (Å²) in [4.78, 5) is 0. The maximum Gasteiger partial charge on any atom is 0.0719 e. The first-order chi connectivity index (χ1) is 24.8. The molecule has 1 spiro atoms. The third-order valence-electron chi connectivity index (χ3n) is 10.6. The Hall–Kier alpha value is -5.46. The summed E-state index contributed by atoms with van der Waals surface area (Å²) >= 11 is 0. The van der Waals surface area contributed by atoms with Gasteiger partial charge in [0.2, 0.25) is 0 Å². The molecule has 0 heterocycles. The second kappa shape index (κ2) is 14.8. The van der Waals surface area contributed by atoms with Gasteiger partial charge in [-0.05, 0) is 149 Å². The summed E-state index contributed by atoms with van der Waals surface area (Å²) in [7, 11) is 0. The van der Waals surface area contributed by atoms with E-state index in [1.807, 2.05) is 18.2 Å². The molecule has 0 bridgehead atoms. The molecule has 0 aromatic heterocycles. The van der Waals surface area contributed by atoms with Crippen LogP contribution in [0.2, 0.25) is 0 Å². The lowest BCUT2D eigenvalue weighted by molar-refractivity contribution is 0.780. The molecule has 0 N–H and O–H groups in total. The van der Waals surface area contributed by atoms with Crippen molar-refractivity contribution in [3.05, 3.63) is 202 Å². The zero-order valence-corrected chi connectivity index (χ0v) is 31.4. The lowest BCUT2D eigenvalue weighted by Gasteiger charge is -2.32. The molecule has 254 valence electrons. The Labute approximate surface area is 306 Å². The molecule has 0 nitrogen and oxygen atoms in total. The average molecular weight is 663 g/mol. The van der Waals surface area contributed by atoms with Crippen molar-refractivity contribution in [1.29, 1.82) is 0 Å². The number of rotatable bonds is 9. The van der Waals surface area contributed by atoms with Gasteiger partial charge in [-0.1, -0.05) is 153 Å². The summed E-state index contributed by atoms with van der Waals surface area (Å²) in [6, 6.07) is 27.7. The van der Waals surface area contributed by atoms with Crippen LogP contribution in [0.1, 0.15) is 77.1 Å². The van der Waals surface area contributed by atoms with E-state index in [1.54, 1.807) is 0 Å². The van der Waals surface area contributed by atoms with Crippen LogP contribution in [0, 0.1) is 0 Å². The molecule has 1 unspecified atom stereocenters. The number of hydrogen-bond acceptors (Lipinski definition) is 0. The second-order valence-electron chi connectivity index (χ2n) is 13.5. The molecule has 6 rings (SSSR count). The monoisotopic (exact) mass is 662 g/mol. The van der Waals surface area contributed by atoms with E-state index in [2.05, 4.69) is 183 Å². The van der Waals surface area contributed by atoms with Crippen molar-refractivity contribution < 1.29 is 0 Å². The molecule has 0 saturated heterocycles. The van der Waals surface area contributed by atoms with Gasteiger partial charge in [-0.25, -0.2) is 0 Å². The highest BCUT2D eigenvalue weighted by atomic mass is 14.5. The van der Waals surface area contributed by atoms with Crippen molar-refractivity contribution in [2.45, 2.75) is 60.3 Å². The van der Waals surface area contributed by atoms with E-state index in [-0.39, 0.29) is 0 Å². The van der Waals surface area contributed by atoms with E-state index < -0.39 is 5.41 Å². The van der Waals surface area contributed by atoms with E-state index in [0.29, 0.717) is 0 Å². The predicted octanol–water partition coefficient (Wildman–Crippen LogP) is 14.6. The molecule has 4 aromatic rings. The first-order valence-electron chi connectivity index (χ1n) is 18.3. The number of benzene rings is 4. The highest BCUT2D eigenvalue weighted by Gasteiger charge is 2.53. The summed E-state index contributed by atoms with van der Waals surface area (Å²) in [5.74, 6) is 0. The van der Waals surface area contributed by atoms with Crippen LogP contribution in [-0.4, -0.2) is 0 Å². The lowest BCUT2D eigenvalue weighted by atomic mass is 9.68. The Morgan fingerprint density at radius 2 is 1.47 bits per heavy atom. The van der Waals surface area contributed by atoms with Gasteiger partial charge in [0.25, 0.3) is 0 Å². The topological polar surface area (TPSA) is 0 Å². The van der Waals surface area contributed by atoms with E-state index in [1.165, 1.54) is 88.7 Å².